The molecule has 3 aromatic rings. The summed E-state index contributed by atoms with van der Waals surface area (Å²) < 4.78 is 1.89. The summed E-state index contributed by atoms with van der Waals surface area (Å²) in [6.45, 7) is 0. The molecule has 0 atom stereocenters. The fourth-order valence-corrected chi connectivity index (χ4v) is 2.40. The first kappa shape index (κ1) is 12.9. The van der Waals surface area contributed by atoms with Crippen molar-refractivity contribution < 1.29 is 9.90 Å². The minimum absolute atomic E-state index is 0.159. The van der Waals surface area contributed by atoms with Crippen molar-refractivity contribution in [1.29, 1.82) is 0 Å². The SMILES string of the molecule is C#Cc1cccc(C(=O)O)c1-c1ccc2ccn(C)c2n1. The molecule has 0 saturated carbocycles. The second-order valence-corrected chi connectivity index (χ2v) is 4.71. The quantitative estimate of drug-likeness (QED) is 0.732. The fourth-order valence-electron chi connectivity index (χ4n) is 2.40. The lowest BCUT2D eigenvalue weighted by atomic mass is 9.98. The van der Waals surface area contributed by atoms with Crippen molar-refractivity contribution in [1.82, 2.24) is 9.55 Å². The van der Waals surface area contributed by atoms with Crippen molar-refractivity contribution in [2.75, 3.05) is 0 Å². The van der Waals surface area contributed by atoms with Gasteiger partial charge in [0, 0.05) is 29.8 Å². The molecule has 0 aliphatic carbocycles. The summed E-state index contributed by atoms with van der Waals surface area (Å²) >= 11 is 0. The van der Waals surface area contributed by atoms with Gasteiger partial charge >= 0.3 is 5.97 Å². The summed E-state index contributed by atoms with van der Waals surface area (Å²) in [7, 11) is 1.89. The summed E-state index contributed by atoms with van der Waals surface area (Å²) in [4.78, 5) is 16.0. The Balaban J connectivity index is 2.34. The fraction of sp³-hybridized carbons (Fsp3) is 0.0588. The maximum atomic E-state index is 11.4. The van der Waals surface area contributed by atoms with E-state index in [1.54, 1.807) is 18.2 Å². The Labute approximate surface area is 121 Å². The number of pyridine rings is 1. The molecule has 0 saturated heterocycles. The van der Waals surface area contributed by atoms with Crippen LogP contribution in [0.2, 0.25) is 0 Å². The van der Waals surface area contributed by atoms with Gasteiger partial charge in [0.15, 0.2) is 0 Å². The zero-order chi connectivity index (χ0) is 15.0. The van der Waals surface area contributed by atoms with Crippen LogP contribution in [0.1, 0.15) is 15.9 Å². The van der Waals surface area contributed by atoms with E-state index in [4.69, 9.17) is 6.42 Å². The van der Waals surface area contributed by atoms with Crippen LogP contribution in [0.5, 0.6) is 0 Å². The van der Waals surface area contributed by atoms with Gasteiger partial charge in [0.05, 0.1) is 11.3 Å². The number of nitrogens with zero attached hydrogens (tertiary/aromatic N) is 2. The molecule has 1 aromatic carbocycles. The first-order chi connectivity index (χ1) is 10.1. The van der Waals surface area contributed by atoms with E-state index in [0.29, 0.717) is 16.8 Å². The maximum absolute atomic E-state index is 11.4. The van der Waals surface area contributed by atoms with E-state index in [2.05, 4.69) is 10.9 Å². The van der Waals surface area contributed by atoms with Crippen molar-refractivity contribution in [3.05, 3.63) is 53.7 Å². The van der Waals surface area contributed by atoms with E-state index in [9.17, 15) is 9.90 Å². The Morgan fingerprint density at radius 2 is 2.10 bits per heavy atom. The van der Waals surface area contributed by atoms with Gasteiger partial charge in [-0.3, -0.25) is 0 Å². The monoisotopic (exact) mass is 276 g/mol. The van der Waals surface area contributed by atoms with Crippen LogP contribution >= 0.6 is 0 Å². The summed E-state index contributed by atoms with van der Waals surface area (Å²) in [6, 6.07) is 10.6. The van der Waals surface area contributed by atoms with Crippen molar-refractivity contribution >= 4 is 17.0 Å². The average Bonchev–Trinajstić information content (AvgIpc) is 2.87. The second kappa shape index (κ2) is 4.80. The van der Waals surface area contributed by atoms with E-state index in [1.165, 1.54) is 6.07 Å². The normalized spacial score (nSPS) is 10.5. The van der Waals surface area contributed by atoms with Gasteiger partial charge in [0.25, 0.3) is 0 Å². The number of benzene rings is 1. The highest BCUT2D eigenvalue weighted by atomic mass is 16.4. The van der Waals surface area contributed by atoms with Crippen molar-refractivity contribution in [2.24, 2.45) is 7.05 Å². The van der Waals surface area contributed by atoms with Crippen LogP contribution in [-0.2, 0) is 7.05 Å². The number of terminal acetylenes is 1. The van der Waals surface area contributed by atoms with E-state index >= 15 is 0 Å². The van der Waals surface area contributed by atoms with Crippen LogP contribution in [0.15, 0.2) is 42.6 Å². The number of aromatic carboxylic acids is 1. The number of aryl methyl sites for hydroxylation is 1. The molecule has 0 bridgehead atoms. The van der Waals surface area contributed by atoms with Crippen LogP contribution in [0.4, 0.5) is 0 Å². The molecular formula is C17H12N2O2. The lowest BCUT2D eigenvalue weighted by molar-refractivity contribution is 0.0697. The third-order valence-electron chi connectivity index (χ3n) is 3.42. The minimum atomic E-state index is -1.02. The number of rotatable bonds is 2. The van der Waals surface area contributed by atoms with Crippen molar-refractivity contribution in [2.45, 2.75) is 0 Å². The number of hydrogen-bond donors (Lipinski definition) is 1. The molecule has 4 nitrogen and oxygen atoms in total. The molecule has 3 rings (SSSR count). The molecular weight excluding hydrogens is 264 g/mol. The van der Waals surface area contributed by atoms with Gasteiger partial charge in [-0.25, -0.2) is 9.78 Å². The lowest BCUT2D eigenvalue weighted by Gasteiger charge is -2.09. The van der Waals surface area contributed by atoms with Crippen LogP contribution in [-0.4, -0.2) is 20.6 Å². The van der Waals surface area contributed by atoms with E-state index in [-0.39, 0.29) is 5.56 Å². The van der Waals surface area contributed by atoms with Gasteiger partial charge in [-0.2, -0.15) is 0 Å². The zero-order valence-electron chi connectivity index (χ0n) is 11.4. The highest BCUT2D eigenvalue weighted by molar-refractivity contribution is 5.97. The highest BCUT2D eigenvalue weighted by Gasteiger charge is 2.16. The average molecular weight is 276 g/mol. The van der Waals surface area contributed by atoms with E-state index in [1.807, 2.05) is 29.9 Å². The van der Waals surface area contributed by atoms with E-state index in [0.717, 1.165) is 11.0 Å². The molecule has 0 radical (unpaired) electrons. The molecule has 0 spiro atoms. The molecule has 21 heavy (non-hydrogen) atoms. The zero-order valence-corrected chi connectivity index (χ0v) is 11.4. The molecule has 102 valence electrons. The van der Waals surface area contributed by atoms with Crippen LogP contribution < -0.4 is 0 Å². The van der Waals surface area contributed by atoms with Crippen LogP contribution in [0.3, 0.4) is 0 Å². The number of carboxylic acids is 1. The van der Waals surface area contributed by atoms with Gasteiger partial charge in [0.2, 0.25) is 0 Å². The number of fused-ring (bicyclic) bond motifs is 1. The third kappa shape index (κ3) is 2.05. The Bertz CT molecular complexity index is 901. The Hall–Kier alpha value is -3.06. The molecule has 0 aliphatic heterocycles. The first-order valence-electron chi connectivity index (χ1n) is 6.37. The molecule has 0 aliphatic rings. The van der Waals surface area contributed by atoms with Crippen molar-refractivity contribution in [3.8, 4) is 23.6 Å². The molecule has 2 aromatic heterocycles. The molecule has 0 amide bonds. The predicted octanol–water partition coefficient (Wildman–Crippen LogP) is 2.92. The van der Waals surface area contributed by atoms with Gasteiger partial charge in [-0.1, -0.05) is 12.0 Å². The van der Waals surface area contributed by atoms with Gasteiger partial charge < -0.3 is 9.67 Å². The predicted molar refractivity (Wildman–Crippen MR) is 81.0 cm³/mol. The largest absolute Gasteiger partial charge is 0.478 e. The maximum Gasteiger partial charge on any atom is 0.336 e. The van der Waals surface area contributed by atoms with Gasteiger partial charge in [-0.05, 0) is 30.3 Å². The van der Waals surface area contributed by atoms with Crippen LogP contribution in [0.25, 0.3) is 22.3 Å². The topological polar surface area (TPSA) is 55.1 Å². The van der Waals surface area contributed by atoms with Gasteiger partial charge in [-0.15, -0.1) is 6.42 Å². The van der Waals surface area contributed by atoms with E-state index < -0.39 is 5.97 Å². The number of hydrogen-bond acceptors (Lipinski definition) is 2. The molecule has 1 N–H and O–H groups in total. The first-order valence-corrected chi connectivity index (χ1v) is 6.37. The number of carboxylic acid groups (broad SMARTS) is 1. The standard InChI is InChI=1S/C17H12N2O2/c1-3-11-5-4-6-13(17(20)21)15(11)14-8-7-12-9-10-19(2)16(12)18-14/h1,4-10H,2H3,(H,20,21). The second-order valence-electron chi connectivity index (χ2n) is 4.71. The minimum Gasteiger partial charge on any atom is -0.478 e. The summed E-state index contributed by atoms with van der Waals surface area (Å²) in [5.74, 6) is 1.52. The summed E-state index contributed by atoms with van der Waals surface area (Å²) in [5, 5.41) is 10.4. The molecule has 2 heterocycles. The smallest absolute Gasteiger partial charge is 0.336 e. The lowest BCUT2D eigenvalue weighted by Crippen LogP contribution is -2.03. The third-order valence-corrected chi connectivity index (χ3v) is 3.42. The molecule has 4 heteroatoms. The highest BCUT2D eigenvalue weighted by Crippen LogP contribution is 2.28. The Morgan fingerprint density at radius 3 is 2.81 bits per heavy atom. The van der Waals surface area contributed by atoms with Gasteiger partial charge in [0.1, 0.15) is 5.65 Å². The Morgan fingerprint density at radius 1 is 1.29 bits per heavy atom. The number of carbonyl (C=O) groups is 1. The van der Waals surface area contributed by atoms with Crippen molar-refractivity contribution in [3.63, 3.8) is 0 Å². The molecule has 0 fully saturated rings. The molecule has 0 unspecified atom stereocenters. The Kier molecular flexibility index (Phi) is 2.96. The van der Waals surface area contributed by atoms with Crippen LogP contribution in [0, 0.1) is 12.3 Å². The number of aromatic nitrogens is 2. The summed E-state index contributed by atoms with van der Waals surface area (Å²) in [6.07, 6.45) is 7.41. The summed E-state index contributed by atoms with van der Waals surface area (Å²) in [5.41, 5.74) is 2.52.